The van der Waals surface area contributed by atoms with E-state index >= 15 is 0 Å². The summed E-state index contributed by atoms with van der Waals surface area (Å²) in [6.45, 7) is 3.77. The molecular formula is C14H13ClFN5. The number of anilines is 1. The number of fused-ring (bicyclic) bond motifs is 1. The first kappa shape index (κ1) is 13.8. The van der Waals surface area contributed by atoms with Crippen LogP contribution < -0.4 is 5.32 Å². The van der Waals surface area contributed by atoms with Gasteiger partial charge in [-0.25, -0.2) is 9.37 Å². The monoisotopic (exact) mass is 305 g/mol. The summed E-state index contributed by atoms with van der Waals surface area (Å²) < 4.78 is 14.5. The Kier molecular flexibility index (Phi) is 3.47. The molecule has 0 aliphatic carbocycles. The van der Waals surface area contributed by atoms with Gasteiger partial charge in [0, 0.05) is 6.04 Å². The van der Waals surface area contributed by atoms with Crippen LogP contribution in [0.25, 0.3) is 5.78 Å². The molecule has 2 aromatic heterocycles. The molecule has 0 unspecified atom stereocenters. The topological polar surface area (TPSA) is 55.1 Å². The summed E-state index contributed by atoms with van der Waals surface area (Å²) in [4.78, 5) is 8.32. The Labute approximate surface area is 125 Å². The van der Waals surface area contributed by atoms with Gasteiger partial charge >= 0.3 is 0 Å². The fraction of sp³-hybridized carbons (Fsp3) is 0.214. The molecule has 0 bridgehead atoms. The number of halogens is 2. The Hall–Kier alpha value is -2.21. The van der Waals surface area contributed by atoms with Crippen molar-refractivity contribution >= 4 is 23.2 Å². The Bertz CT molecular complexity index is 784. The molecule has 1 atom stereocenters. The summed E-state index contributed by atoms with van der Waals surface area (Å²) in [5, 5.41) is 7.89. The van der Waals surface area contributed by atoms with Gasteiger partial charge in [-0.05, 0) is 31.5 Å². The van der Waals surface area contributed by atoms with Crippen molar-refractivity contribution in [2.45, 2.75) is 19.9 Å². The smallest absolute Gasteiger partial charge is 0.254 e. The third kappa shape index (κ3) is 2.54. The minimum atomic E-state index is -0.262. The maximum atomic E-state index is 13.0. The zero-order chi connectivity index (χ0) is 15.0. The number of nitrogens with zero attached hydrogens (tertiary/aromatic N) is 4. The molecule has 3 aromatic rings. The minimum absolute atomic E-state index is 0.0719. The Morgan fingerprint density at radius 2 is 2.00 bits per heavy atom. The maximum absolute atomic E-state index is 13.0. The molecule has 0 saturated carbocycles. The third-order valence-electron chi connectivity index (χ3n) is 3.26. The molecule has 0 aliphatic rings. The first-order chi connectivity index (χ1) is 10.1. The van der Waals surface area contributed by atoms with Gasteiger partial charge in [0.15, 0.2) is 5.82 Å². The first-order valence-corrected chi connectivity index (χ1v) is 6.82. The highest BCUT2D eigenvalue weighted by Crippen LogP contribution is 2.28. The first-order valence-electron chi connectivity index (χ1n) is 6.44. The third-order valence-corrected chi connectivity index (χ3v) is 3.71. The van der Waals surface area contributed by atoms with Crippen LogP contribution >= 0.6 is 11.6 Å². The molecule has 0 saturated heterocycles. The van der Waals surface area contributed by atoms with Crippen molar-refractivity contribution in [3.8, 4) is 0 Å². The van der Waals surface area contributed by atoms with Gasteiger partial charge in [0.25, 0.3) is 5.78 Å². The van der Waals surface area contributed by atoms with Gasteiger partial charge in [0.2, 0.25) is 0 Å². The van der Waals surface area contributed by atoms with Crippen molar-refractivity contribution in [1.82, 2.24) is 19.6 Å². The summed E-state index contributed by atoms with van der Waals surface area (Å²) in [6.07, 6.45) is 1.42. The molecule has 0 fully saturated rings. The van der Waals surface area contributed by atoms with Gasteiger partial charge in [0.05, 0.1) is 5.69 Å². The van der Waals surface area contributed by atoms with Crippen molar-refractivity contribution < 1.29 is 4.39 Å². The van der Waals surface area contributed by atoms with E-state index in [9.17, 15) is 4.39 Å². The van der Waals surface area contributed by atoms with Crippen LogP contribution in [0.15, 0.2) is 30.6 Å². The molecule has 0 spiro atoms. The Morgan fingerprint density at radius 3 is 2.71 bits per heavy atom. The molecule has 1 aromatic carbocycles. The summed E-state index contributed by atoms with van der Waals surface area (Å²) in [5.74, 6) is 0.835. The van der Waals surface area contributed by atoms with E-state index in [4.69, 9.17) is 11.6 Å². The summed E-state index contributed by atoms with van der Waals surface area (Å²) in [5.41, 5.74) is 1.61. The Balaban J connectivity index is 1.99. The molecule has 7 heteroatoms. The maximum Gasteiger partial charge on any atom is 0.254 e. The highest BCUT2D eigenvalue weighted by Gasteiger charge is 2.15. The quantitative estimate of drug-likeness (QED) is 0.806. The molecule has 5 nitrogen and oxygen atoms in total. The molecule has 0 aliphatic heterocycles. The predicted molar refractivity (Wildman–Crippen MR) is 79.0 cm³/mol. The molecule has 21 heavy (non-hydrogen) atoms. The van der Waals surface area contributed by atoms with Crippen LogP contribution in [0.1, 0.15) is 24.2 Å². The molecular weight excluding hydrogens is 293 g/mol. The summed E-state index contributed by atoms with van der Waals surface area (Å²) in [6, 6.07) is 6.24. The van der Waals surface area contributed by atoms with Crippen LogP contribution in [0.4, 0.5) is 10.2 Å². The van der Waals surface area contributed by atoms with Gasteiger partial charge in [-0.3, -0.25) is 0 Å². The van der Waals surface area contributed by atoms with E-state index in [2.05, 4.69) is 20.4 Å². The second kappa shape index (κ2) is 5.29. The fourth-order valence-corrected chi connectivity index (χ4v) is 2.27. The molecule has 0 radical (unpaired) electrons. The number of benzene rings is 1. The van der Waals surface area contributed by atoms with E-state index in [0.717, 1.165) is 5.56 Å². The van der Waals surface area contributed by atoms with E-state index < -0.39 is 0 Å². The van der Waals surface area contributed by atoms with Crippen LogP contribution in [0, 0.1) is 12.7 Å². The van der Waals surface area contributed by atoms with E-state index in [-0.39, 0.29) is 11.9 Å². The SMILES string of the molecule is Cc1nc2ncnn2c(N[C@@H](C)c2ccc(F)cc2)c1Cl. The summed E-state index contributed by atoms with van der Waals surface area (Å²) >= 11 is 6.31. The zero-order valence-electron chi connectivity index (χ0n) is 11.5. The van der Waals surface area contributed by atoms with Gasteiger partial charge in [0.1, 0.15) is 17.2 Å². The van der Waals surface area contributed by atoms with Crippen molar-refractivity contribution in [2.75, 3.05) is 5.32 Å². The van der Waals surface area contributed by atoms with E-state index in [1.807, 2.05) is 13.8 Å². The molecule has 3 rings (SSSR count). The van der Waals surface area contributed by atoms with Crippen molar-refractivity contribution in [1.29, 1.82) is 0 Å². The van der Waals surface area contributed by atoms with Crippen LogP contribution in [0.3, 0.4) is 0 Å². The second-order valence-corrected chi connectivity index (χ2v) is 5.13. The number of aromatic nitrogens is 4. The van der Waals surface area contributed by atoms with Gasteiger partial charge < -0.3 is 5.32 Å². The van der Waals surface area contributed by atoms with E-state index in [0.29, 0.717) is 22.3 Å². The lowest BCUT2D eigenvalue weighted by Crippen LogP contribution is -2.12. The van der Waals surface area contributed by atoms with Gasteiger partial charge in [-0.1, -0.05) is 23.7 Å². The van der Waals surface area contributed by atoms with E-state index in [1.54, 1.807) is 16.6 Å². The second-order valence-electron chi connectivity index (χ2n) is 4.75. The molecule has 108 valence electrons. The molecule has 2 heterocycles. The molecule has 1 N–H and O–H groups in total. The average Bonchev–Trinajstić information content (AvgIpc) is 2.92. The van der Waals surface area contributed by atoms with Gasteiger partial charge in [-0.2, -0.15) is 14.6 Å². The Morgan fingerprint density at radius 1 is 1.29 bits per heavy atom. The van der Waals surface area contributed by atoms with Crippen LogP contribution in [0.2, 0.25) is 5.02 Å². The number of aryl methyl sites for hydroxylation is 1. The van der Waals surface area contributed by atoms with Gasteiger partial charge in [-0.15, -0.1) is 0 Å². The number of rotatable bonds is 3. The number of hydrogen-bond donors (Lipinski definition) is 1. The molecule has 0 amide bonds. The van der Waals surface area contributed by atoms with Crippen molar-refractivity contribution in [2.24, 2.45) is 0 Å². The number of nitrogens with one attached hydrogen (secondary N) is 1. The van der Waals surface area contributed by atoms with Crippen molar-refractivity contribution in [3.63, 3.8) is 0 Å². The van der Waals surface area contributed by atoms with Crippen LogP contribution in [0.5, 0.6) is 0 Å². The fourth-order valence-electron chi connectivity index (χ4n) is 2.10. The van der Waals surface area contributed by atoms with Crippen molar-refractivity contribution in [3.05, 3.63) is 52.7 Å². The normalized spacial score (nSPS) is 12.6. The van der Waals surface area contributed by atoms with Crippen LogP contribution in [-0.2, 0) is 0 Å². The van der Waals surface area contributed by atoms with E-state index in [1.165, 1.54) is 18.5 Å². The minimum Gasteiger partial charge on any atom is -0.362 e. The lowest BCUT2D eigenvalue weighted by atomic mass is 10.1. The lowest BCUT2D eigenvalue weighted by molar-refractivity contribution is 0.626. The summed E-state index contributed by atoms with van der Waals surface area (Å²) in [7, 11) is 0. The van der Waals surface area contributed by atoms with Crippen LogP contribution in [-0.4, -0.2) is 19.6 Å². The highest BCUT2D eigenvalue weighted by atomic mass is 35.5. The average molecular weight is 306 g/mol. The standard InChI is InChI=1S/C14H13ClFN5/c1-8(10-3-5-11(16)6-4-10)19-13-12(15)9(2)20-14-17-7-18-21(13)14/h3-8,19H,1-2H3/t8-/m0/s1. The number of hydrogen-bond acceptors (Lipinski definition) is 4. The largest absolute Gasteiger partial charge is 0.362 e. The lowest BCUT2D eigenvalue weighted by Gasteiger charge is -2.17. The highest BCUT2D eigenvalue weighted by molar-refractivity contribution is 6.33. The predicted octanol–water partition coefficient (Wildman–Crippen LogP) is 3.40. The zero-order valence-corrected chi connectivity index (χ0v) is 12.3.